The van der Waals surface area contributed by atoms with E-state index in [-0.39, 0.29) is 24.6 Å². The molecule has 3 aromatic rings. The number of hydrogen-bond acceptors (Lipinski definition) is 8. The van der Waals surface area contributed by atoms with Gasteiger partial charge in [0.05, 0.1) is 37.8 Å². The predicted octanol–water partition coefficient (Wildman–Crippen LogP) is 4.08. The third-order valence-corrected chi connectivity index (χ3v) is 5.42. The average molecular weight is 485 g/mol. The summed E-state index contributed by atoms with van der Waals surface area (Å²) in [5, 5.41) is 6.83. The van der Waals surface area contributed by atoms with Crippen LogP contribution in [0.5, 0.6) is 11.5 Å². The van der Waals surface area contributed by atoms with Crippen LogP contribution >= 0.6 is 0 Å². The van der Waals surface area contributed by atoms with Gasteiger partial charge in [-0.2, -0.15) is 4.98 Å². The molecular weight excluding hydrogens is 455 g/mol. The molecule has 0 atom stereocenters. The van der Waals surface area contributed by atoms with E-state index in [1.54, 1.807) is 18.2 Å². The van der Waals surface area contributed by atoms with Crippen LogP contribution in [0.15, 0.2) is 40.9 Å². The number of carbonyl (C=O) groups is 1. The quantitative estimate of drug-likeness (QED) is 0.460. The van der Waals surface area contributed by atoms with Crippen LogP contribution in [0.2, 0.25) is 0 Å². The number of halogens is 1. The number of carbonyl (C=O) groups excluding carboxylic acids is 1. The second-order valence-corrected chi connectivity index (χ2v) is 7.85. The van der Waals surface area contributed by atoms with Crippen molar-refractivity contribution in [2.75, 3.05) is 49.7 Å². The summed E-state index contributed by atoms with van der Waals surface area (Å²) in [7, 11) is 0. The van der Waals surface area contributed by atoms with Crippen molar-refractivity contribution in [3.05, 3.63) is 48.1 Å². The molecule has 0 aliphatic carbocycles. The van der Waals surface area contributed by atoms with Crippen LogP contribution < -0.4 is 19.7 Å². The topological polar surface area (TPSA) is 99.0 Å². The minimum Gasteiger partial charge on any atom is -0.492 e. The molecule has 2 aromatic carbocycles. The highest BCUT2D eigenvalue weighted by atomic mass is 19.1. The molecule has 0 radical (unpaired) electrons. The zero-order valence-electron chi connectivity index (χ0n) is 19.9. The summed E-state index contributed by atoms with van der Waals surface area (Å²) < 4.78 is 35.6. The molecule has 4 rings (SSSR count). The molecule has 1 aromatic heterocycles. The van der Waals surface area contributed by atoms with Gasteiger partial charge in [-0.25, -0.2) is 4.39 Å². The van der Waals surface area contributed by atoms with E-state index in [1.165, 1.54) is 12.1 Å². The van der Waals surface area contributed by atoms with E-state index >= 15 is 0 Å². The van der Waals surface area contributed by atoms with Crippen molar-refractivity contribution in [2.45, 2.75) is 26.7 Å². The Morgan fingerprint density at radius 3 is 2.51 bits per heavy atom. The highest BCUT2D eigenvalue weighted by molar-refractivity contribution is 5.93. The summed E-state index contributed by atoms with van der Waals surface area (Å²) in [4.78, 5) is 19.2. The van der Waals surface area contributed by atoms with Crippen LogP contribution in [0.1, 0.15) is 26.2 Å². The first-order valence-electron chi connectivity index (χ1n) is 11.7. The molecule has 0 bridgehead atoms. The lowest BCUT2D eigenvalue weighted by molar-refractivity contribution is -0.116. The van der Waals surface area contributed by atoms with Crippen molar-refractivity contribution in [3.63, 3.8) is 0 Å². The van der Waals surface area contributed by atoms with Crippen molar-refractivity contribution in [2.24, 2.45) is 0 Å². The molecule has 1 N–H and O–H groups in total. The van der Waals surface area contributed by atoms with Crippen molar-refractivity contribution in [1.82, 2.24) is 10.1 Å². The Kier molecular flexibility index (Phi) is 8.15. The molecule has 186 valence electrons. The normalized spacial score (nSPS) is 13.5. The number of hydrogen-bond donors (Lipinski definition) is 1. The van der Waals surface area contributed by atoms with Gasteiger partial charge in [0, 0.05) is 43.6 Å². The summed E-state index contributed by atoms with van der Waals surface area (Å²) >= 11 is 0. The number of nitrogens with one attached hydrogen (secondary N) is 1. The molecule has 1 saturated heterocycles. The first-order chi connectivity index (χ1) is 17.1. The van der Waals surface area contributed by atoms with Crippen LogP contribution in [0.3, 0.4) is 0 Å². The molecule has 0 saturated carbocycles. The number of nitrogens with zero attached hydrogens (tertiary/aromatic N) is 3. The van der Waals surface area contributed by atoms with Crippen LogP contribution in [0.4, 0.5) is 15.8 Å². The summed E-state index contributed by atoms with van der Waals surface area (Å²) in [5.41, 5.74) is 2.08. The van der Waals surface area contributed by atoms with Gasteiger partial charge in [0.1, 0.15) is 17.3 Å². The van der Waals surface area contributed by atoms with Crippen molar-refractivity contribution >= 4 is 17.3 Å². The lowest BCUT2D eigenvalue weighted by atomic mass is 10.2. The van der Waals surface area contributed by atoms with E-state index in [1.807, 2.05) is 19.9 Å². The van der Waals surface area contributed by atoms with Gasteiger partial charge in [0.25, 0.3) is 0 Å². The number of morpholine rings is 1. The van der Waals surface area contributed by atoms with Gasteiger partial charge < -0.3 is 29.0 Å². The standard InChI is InChI=1S/C25H29FN4O5/c1-3-33-21-16-20(30-11-13-32-14-12-30)22(34-4-2)15-19(21)27-23(31)9-10-24-28-25(29-35-24)17-5-7-18(26)8-6-17/h5-8,15-16H,3-4,9-14H2,1-2H3,(H,27,31). The number of ether oxygens (including phenoxy) is 3. The van der Waals surface area contributed by atoms with E-state index in [9.17, 15) is 9.18 Å². The molecular formula is C25H29FN4O5. The maximum Gasteiger partial charge on any atom is 0.227 e. The summed E-state index contributed by atoms with van der Waals surface area (Å²) in [6, 6.07) is 9.51. The maximum absolute atomic E-state index is 13.1. The molecule has 35 heavy (non-hydrogen) atoms. The minimum absolute atomic E-state index is 0.131. The number of benzene rings is 2. The molecule has 1 amide bonds. The van der Waals surface area contributed by atoms with Gasteiger partial charge in [-0.15, -0.1) is 0 Å². The highest BCUT2D eigenvalue weighted by Crippen LogP contribution is 2.39. The summed E-state index contributed by atoms with van der Waals surface area (Å²) in [6.45, 7) is 7.55. The van der Waals surface area contributed by atoms with E-state index < -0.39 is 0 Å². The number of aryl methyl sites for hydroxylation is 1. The number of anilines is 2. The Morgan fingerprint density at radius 1 is 1.09 bits per heavy atom. The Labute approximate surface area is 203 Å². The highest BCUT2D eigenvalue weighted by Gasteiger charge is 2.21. The zero-order valence-corrected chi connectivity index (χ0v) is 19.9. The molecule has 0 unspecified atom stereocenters. The Morgan fingerprint density at radius 2 is 1.80 bits per heavy atom. The predicted molar refractivity (Wildman–Crippen MR) is 128 cm³/mol. The fraction of sp³-hybridized carbons (Fsp3) is 0.400. The second kappa shape index (κ2) is 11.7. The van der Waals surface area contributed by atoms with Gasteiger partial charge in [-0.05, 0) is 38.1 Å². The lowest BCUT2D eigenvalue weighted by Crippen LogP contribution is -2.36. The summed E-state index contributed by atoms with van der Waals surface area (Å²) in [5.74, 6) is 1.34. The van der Waals surface area contributed by atoms with Gasteiger partial charge in [0.15, 0.2) is 0 Å². The number of rotatable bonds is 10. The fourth-order valence-corrected chi connectivity index (χ4v) is 3.75. The molecule has 1 aliphatic heterocycles. The fourth-order valence-electron chi connectivity index (χ4n) is 3.75. The van der Waals surface area contributed by atoms with Gasteiger partial charge in [-0.1, -0.05) is 5.16 Å². The average Bonchev–Trinajstić information content (AvgIpc) is 3.34. The summed E-state index contributed by atoms with van der Waals surface area (Å²) in [6.07, 6.45) is 0.389. The maximum atomic E-state index is 13.1. The Balaban J connectivity index is 1.45. The lowest BCUT2D eigenvalue weighted by Gasteiger charge is -2.31. The monoisotopic (exact) mass is 484 g/mol. The third-order valence-electron chi connectivity index (χ3n) is 5.42. The van der Waals surface area contributed by atoms with Crippen LogP contribution in [-0.2, 0) is 16.0 Å². The third kappa shape index (κ3) is 6.27. The van der Waals surface area contributed by atoms with E-state index in [2.05, 4.69) is 20.4 Å². The molecule has 2 heterocycles. The smallest absolute Gasteiger partial charge is 0.227 e. The first kappa shape index (κ1) is 24.5. The van der Waals surface area contributed by atoms with Crippen LogP contribution in [0, 0.1) is 5.82 Å². The van der Waals surface area contributed by atoms with E-state index in [0.29, 0.717) is 60.9 Å². The molecule has 10 heteroatoms. The van der Waals surface area contributed by atoms with Gasteiger partial charge >= 0.3 is 0 Å². The zero-order chi connectivity index (χ0) is 24.6. The van der Waals surface area contributed by atoms with E-state index in [4.69, 9.17) is 18.7 Å². The molecule has 1 aliphatic rings. The SMILES string of the molecule is CCOc1cc(N2CCOCC2)c(OCC)cc1NC(=O)CCc1nc(-c2ccc(F)cc2)no1. The van der Waals surface area contributed by atoms with Crippen molar-refractivity contribution < 1.29 is 27.9 Å². The van der Waals surface area contributed by atoms with E-state index in [0.717, 1.165) is 18.8 Å². The van der Waals surface area contributed by atoms with Crippen molar-refractivity contribution in [3.8, 4) is 22.9 Å². The molecule has 0 spiro atoms. The van der Waals surface area contributed by atoms with Crippen LogP contribution in [0.25, 0.3) is 11.4 Å². The first-order valence-corrected chi connectivity index (χ1v) is 11.7. The number of aromatic nitrogens is 2. The minimum atomic E-state index is -0.342. The largest absolute Gasteiger partial charge is 0.492 e. The van der Waals surface area contributed by atoms with Crippen LogP contribution in [-0.4, -0.2) is 55.6 Å². The van der Waals surface area contributed by atoms with Gasteiger partial charge in [0.2, 0.25) is 17.6 Å². The number of amides is 1. The Bertz CT molecular complexity index is 1130. The van der Waals surface area contributed by atoms with Gasteiger partial charge in [-0.3, -0.25) is 4.79 Å². The second-order valence-electron chi connectivity index (χ2n) is 7.85. The molecule has 1 fully saturated rings. The Hall–Kier alpha value is -3.66. The van der Waals surface area contributed by atoms with Crippen molar-refractivity contribution in [1.29, 1.82) is 0 Å². The molecule has 9 nitrogen and oxygen atoms in total.